The van der Waals surface area contributed by atoms with Gasteiger partial charge in [-0.15, -0.1) is 0 Å². The van der Waals surface area contributed by atoms with Crippen LogP contribution in [0, 0.1) is 0 Å². The lowest BCUT2D eigenvalue weighted by Gasteiger charge is -2.40. The molecule has 0 aromatic carbocycles. The van der Waals surface area contributed by atoms with Gasteiger partial charge in [0, 0.05) is 51.9 Å². The summed E-state index contributed by atoms with van der Waals surface area (Å²) in [7, 11) is 0. The predicted octanol–water partition coefficient (Wildman–Crippen LogP) is 1.36. The summed E-state index contributed by atoms with van der Waals surface area (Å²) in [5.41, 5.74) is 0. The Morgan fingerprint density at radius 3 is 2.52 bits per heavy atom. The van der Waals surface area contributed by atoms with Crippen LogP contribution in [0.2, 0.25) is 5.02 Å². The predicted molar refractivity (Wildman–Crippen MR) is 92.1 cm³/mol. The number of aromatic nitrogens is 2. The maximum atomic E-state index is 5.95. The van der Waals surface area contributed by atoms with E-state index in [1.165, 1.54) is 0 Å². The minimum atomic E-state index is 0.324. The average Bonchev–Trinajstić information content (AvgIpc) is 2.57. The Morgan fingerprint density at radius 1 is 1.17 bits per heavy atom. The third-order valence-electron chi connectivity index (χ3n) is 4.62. The van der Waals surface area contributed by atoms with Crippen molar-refractivity contribution in [3.05, 3.63) is 17.4 Å². The smallest absolute Gasteiger partial charge is 0.225 e. The summed E-state index contributed by atoms with van der Waals surface area (Å²) in [4.78, 5) is 15.8. The number of piperazine rings is 1. The van der Waals surface area contributed by atoms with Crippen molar-refractivity contribution in [2.45, 2.75) is 26.0 Å². The zero-order chi connectivity index (χ0) is 16.2. The van der Waals surface area contributed by atoms with Crippen LogP contribution in [0.1, 0.15) is 13.8 Å². The molecule has 0 N–H and O–H groups in total. The Labute approximate surface area is 143 Å². The molecular formula is C16H26ClN5O. The number of hydrogen-bond donors (Lipinski definition) is 0. The lowest BCUT2D eigenvalue weighted by Crippen LogP contribution is -2.53. The van der Waals surface area contributed by atoms with E-state index in [4.69, 9.17) is 16.3 Å². The zero-order valence-electron chi connectivity index (χ0n) is 14.0. The molecule has 1 aromatic rings. The summed E-state index contributed by atoms with van der Waals surface area (Å²) in [6.07, 6.45) is 3.64. The van der Waals surface area contributed by atoms with Crippen LogP contribution in [-0.2, 0) is 4.74 Å². The van der Waals surface area contributed by atoms with E-state index >= 15 is 0 Å². The molecule has 0 amide bonds. The van der Waals surface area contributed by atoms with Gasteiger partial charge < -0.3 is 9.64 Å². The summed E-state index contributed by atoms with van der Waals surface area (Å²) in [5, 5.41) is 0.580. The Hall–Kier alpha value is -0.950. The second-order valence-electron chi connectivity index (χ2n) is 6.57. The summed E-state index contributed by atoms with van der Waals surface area (Å²) in [6, 6.07) is 0.598. The van der Waals surface area contributed by atoms with Crippen LogP contribution < -0.4 is 4.90 Å². The first-order valence-electron chi connectivity index (χ1n) is 8.42. The second-order valence-corrected chi connectivity index (χ2v) is 7.01. The first-order chi connectivity index (χ1) is 11.1. The van der Waals surface area contributed by atoms with Crippen LogP contribution in [0.15, 0.2) is 12.4 Å². The Kier molecular flexibility index (Phi) is 5.69. The first kappa shape index (κ1) is 16.9. The van der Waals surface area contributed by atoms with E-state index in [1.807, 2.05) is 0 Å². The van der Waals surface area contributed by atoms with Gasteiger partial charge in [-0.1, -0.05) is 11.6 Å². The van der Waals surface area contributed by atoms with E-state index in [9.17, 15) is 0 Å². The van der Waals surface area contributed by atoms with Crippen molar-refractivity contribution < 1.29 is 4.74 Å². The number of anilines is 1. The minimum absolute atomic E-state index is 0.324. The van der Waals surface area contributed by atoms with Crippen molar-refractivity contribution in [3.63, 3.8) is 0 Å². The average molecular weight is 340 g/mol. The van der Waals surface area contributed by atoms with Gasteiger partial charge in [0.25, 0.3) is 0 Å². The van der Waals surface area contributed by atoms with Crippen LogP contribution in [0.3, 0.4) is 0 Å². The quantitative estimate of drug-likeness (QED) is 0.825. The molecule has 3 rings (SSSR count). The van der Waals surface area contributed by atoms with Gasteiger partial charge in [-0.3, -0.25) is 9.80 Å². The molecule has 0 saturated carbocycles. The monoisotopic (exact) mass is 339 g/mol. The van der Waals surface area contributed by atoms with Gasteiger partial charge in [0.15, 0.2) is 0 Å². The van der Waals surface area contributed by atoms with Crippen molar-refractivity contribution >= 4 is 17.5 Å². The van der Waals surface area contributed by atoms with Crippen molar-refractivity contribution in [1.29, 1.82) is 0 Å². The molecule has 7 heteroatoms. The molecular weight excluding hydrogens is 314 g/mol. The third kappa shape index (κ3) is 4.53. The van der Waals surface area contributed by atoms with Gasteiger partial charge >= 0.3 is 0 Å². The van der Waals surface area contributed by atoms with E-state index in [1.54, 1.807) is 12.4 Å². The van der Waals surface area contributed by atoms with Gasteiger partial charge in [-0.2, -0.15) is 0 Å². The number of halogens is 1. The Morgan fingerprint density at radius 2 is 1.87 bits per heavy atom. The molecule has 3 heterocycles. The molecule has 0 spiro atoms. The molecule has 128 valence electrons. The highest BCUT2D eigenvalue weighted by molar-refractivity contribution is 6.30. The molecule has 2 saturated heterocycles. The van der Waals surface area contributed by atoms with E-state index < -0.39 is 0 Å². The number of rotatable bonds is 4. The molecule has 6 nitrogen and oxygen atoms in total. The fourth-order valence-corrected chi connectivity index (χ4v) is 3.31. The van der Waals surface area contributed by atoms with E-state index in [0.29, 0.717) is 17.2 Å². The van der Waals surface area contributed by atoms with Crippen molar-refractivity contribution in [3.8, 4) is 0 Å². The Balaban J connectivity index is 1.46. The van der Waals surface area contributed by atoms with Crippen LogP contribution in [0.25, 0.3) is 0 Å². The van der Waals surface area contributed by atoms with Crippen molar-refractivity contribution in [1.82, 2.24) is 19.8 Å². The van der Waals surface area contributed by atoms with E-state index in [-0.39, 0.29) is 0 Å². The molecule has 0 aliphatic carbocycles. The number of nitrogens with zero attached hydrogens (tertiary/aromatic N) is 5. The standard InChI is InChI=1S/C16H26ClN5O/c1-13(2)22-7-8-23-15(12-22)11-20-3-5-21(6-4-20)16-18-9-14(17)10-19-16/h9-10,13,15H,3-8,11-12H2,1-2H3/t15-/m1/s1. The SMILES string of the molecule is CC(C)N1CCO[C@H](CN2CCN(c3ncc(Cl)cn3)CC2)C1. The van der Waals surface area contributed by atoms with Crippen LogP contribution >= 0.6 is 11.6 Å². The normalized spacial score (nSPS) is 24.3. The highest BCUT2D eigenvalue weighted by atomic mass is 35.5. The van der Waals surface area contributed by atoms with Crippen molar-refractivity contribution in [2.24, 2.45) is 0 Å². The minimum Gasteiger partial charge on any atom is -0.374 e. The molecule has 2 fully saturated rings. The fraction of sp³-hybridized carbons (Fsp3) is 0.750. The molecule has 23 heavy (non-hydrogen) atoms. The lowest BCUT2D eigenvalue weighted by molar-refractivity contribution is -0.0525. The third-order valence-corrected chi connectivity index (χ3v) is 4.82. The largest absolute Gasteiger partial charge is 0.374 e. The summed E-state index contributed by atoms with van der Waals surface area (Å²) >= 11 is 5.85. The Bertz CT molecular complexity index is 490. The van der Waals surface area contributed by atoms with Gasteiger partial charge in [0.05, 0.1) is 30.1 Å². The molecule has 2 aliphatic heterocycles. The summed E-state index contributed by atoms with van der Waals surface area (Å²) < 4.78 is 5.95. The van der Waals surface area contributed by atoms with Gasteiger partial charge in [-0.25, -0.2) is 9.97 Å². The van der Waals surface area contributed by atoms with Gasteiger partial charge in [-0.05, 0) is 13.8 Å². The molecule has 0 radical (unpaired) electrons. The van der Waals surface area contributed by atoms with E-state index in [2.05, 4.69) is 38.5 Å². The second kappa shape index (κ2) is 7.75. The number of morpholine rings is 1. The highest BCUT2D eigenvalue weighted by Gasteiger charge is 2.26. The van der Waals surface area contributed by atoms with E-state index in [0.717, 1.165) is 58.4 Å². The van der Waals surface area contributed by atoms with Gasteiger partial charge in [0.1, 0.15) is 0 Å². The summed E-state index contributed by atoms with van der Waals surface area (Å²) in [6.45, 7) is 12.4. The van der Waals surface area contributed by atoms with Crippen molar-refractivity contribution in [2.75, 3.05) is 57.3 Å². The van der Waals surface area contributed by atoms with Gasteiger partial charge in [0.2, 0.25) is 5.95 Å². The van der Waals surface area contributed by atoms with Crippen LogP contribution in [-0.4, -0.2) is 84.3 Å². The number of hydrogen-bond acceptors (Lipinski definition) is 6. The van der Waals surface area contributed by atoms with Crippen LogP contribution in [0.5, 0.6) is 0 Å². The zero-order valence-corrected chi connectivity index (χ0v) is 14.7. The maximum absolute atomic E-state index is 5.95. The highest BCUT2D eigenvalue weighted by Crippen LogP contribution is 2.15. The molecule has 2 aliphatic rings. The first-order valence-corrected chi connectivity index (χ1v) is 8.80. The molecule has 1 aromatic heterocycles. The van der Waals surface area contributed by atoms with Crippen LogP contribution in [0.4, 0.5) is 5.95 Å². The summed E-state index contributed by atoms with van der Waals surface area (Å²) in [5.74, 6) is 0.772. The lowest BCUT2D eigenvalue weighted by atomic mass is 10.2. The molecule has 0 bridgehead atoms. The molecule has 1 atom stereocenters. The maximum Gasteiger partial charge on any atom is 0.225 e. The number of ether oxygens (including phenoxy) is 1. The molecule has 0 unspecified atom stereocenters. The fourth-order valence-electron chi connectivity index (χ4n) is 3.21. The topological polar surface area (TPSA) is 44.7 Å².